The zero-order valence-corrected chi connectivity index (χ0v) is 16.1. The number of likely N-dealkylation sites (N-methyl/N-ethyl adjacent to an activating group) is 1. The smallest absolute Gasteiger partial charge is 0.226 e. The van der Waals surface area contributed by atoms with E-state index in [0.717, 1.165) is 31.0 Å². The standard InChI is InChI=1S/C20H24ClN5O/c1-25(12-19-23-8-6-18(22)24-19)15-7-9-26(11-15)20(27)17-10-16(17)13-2-4-14(21)5-3-13/h2-6,8,15-17H,7,9-12H2,1H3,(H2,22,23,24). The van der Waals surface area contributed by atoms with E-state index in [1.807, 2.05) is 29.2 Å². The number of rotatable bonds is 5. The minimum atomic E-state index is 0.118. The molecule has 2 N–H and O–H groups in total. The lowest BCUT2D eigenvalue weighted by Gasteiger charge is -2.24. The molecule has 6 nitrogen and oxygen atoms in total. The molecule has 27 heavy (non-hydrogen) atoms. The van der Waals surface area contributed by atoms with Crippen LogP contribution in [0.5, 0.6) is 0 Å². The van der Waals surface area contributed by atoms with Crippen molar-refractivity contribution < 1.29 is 4.79 Å². The Morgan fingerprint density at radius 1 is 1.33 bits per heavy atom. The molecule has 1 aliphatic heterocycles. The van der Waals surface area contributed by atoms with E-state index >= 15 is 0 Å². The zero-order chi connectivity index (χ0) is 19.0. The van der Waals surface area contributed by atoms with E-state index < -0.39 is 0 Å². The molecule has 1 saturated carbocycles. The summed E-state index contributed by atoms with van der Waals surface area (Å²) in [6.45, 7) is 2.21. The summed E-state index contributed by atoms with van der Waals surface area (Å²) in [4.78, 5) is 25.6. The van der Waals surface area contributed by atoms with Crippen LogP contribution in [-0.2, 0) is 11.3 Å². The molecule has 0 bridgehead atoms. The third-order valence-corrected chi connectivity index (χ3v) is 5.87. The van der Waals surface area contributed by atoms with E-state index in [1.54, 1.807) is 12.3 Å². The van der Waals surface area contributed by atoms with E-state index in [4.69, 9.17) is 17.3 Å². The van der Waals surface area contributed by atoms with E-state index in [9.17, 15) is 4.79 Å². The number of carbonyl (C=O) groups is 1. The highest BCUT2D eigenvalue weighted by Gasteiger charge is 2.47. The van der Waals surface area contributed by atoms with Gasteiger partial charge in [-0.2, -0.15) is 0 Å². The number of likely N-dealkylation sites (tertiary alicyclic amines) is 1. The molecule has 7 heteroatoms. The molecule has 1 aliphatic carbocycles. The highest BCUT2D eigenvalue weighted by Crippen LogP contribution is 2.49. The van der Waals surface area contributed by atoms with Gasteiger partial charge in [0.25, 0.3) is 0 Å². The molecule has 1 saturated heterocycles. The van der Waals surface area contributed by atoms with Gasteiger partial charge in [-0.1, -0.05) is 23.7 Å². The first-order chi connectivity index (χ1) is 13.0. The molecule has 2 heterocycles. The fraction of sp³-hybridized carbons (Fsp3) is 0.450. The Morgan fingerprint density at radius 2 is 2.11 bits per heavy atom. The van der Waals surface area contributed by atoms with Gasteiger partial charge in [-0.05, 0) is 49.6 Å². The second kappa shape index (κ2) is 7.44. The molecule has 2 aliphatic rings. The number of nitrogen functional groups attached to an aromatic ring is 1. The van der Waals surface area contributed by atoms with Crippen molar-refractivity contribution in [2.75, 3.05) is 25.9 Å². The third kappa shape index (κ3) is 4.06. The molecule has 1 aromatic heterocycles. The summed E-state index contributed by atoms with van der Waals surface area (Å²) in [7, 11) is 2.05. The lowest BCUT2D eigenvalue weighted by molar-refractivity contribution is -0.131. The predicted molar refractivity (Wildman–Crippen MR) is 105 cm³/mol. The van der Waals surface area contributed by atoms with Crippen molar-refractivity contribution in [2.45, 2.75) is 31.3 Å². The fourth-order valence-electron chi connectivity index (χ4n) is 3.93. The number of benzene rings is 1. The van der Waals surface area contributed by atoms with Crippen molar-refractivity contribution in [3.05, 3.63) is 52.9 Å². The van der Waals surface area contributed by atoms with Crippen LogP contribution < -0.4 is 5.73 Å². The Hall–Kier alpha value is -2.18. The minimum Gasteiger partial charge on any atom is -0.384 e. The SMILES string of the molecule is CN(Cc1nccc(N)n1)C1CCN(C(=O)C2CC2c2ccc(Cl)cc2)C1. The lowest BCUT2D eigenvalue weighted by Crippen LogP contribution is -2.37. The quantitative estimate of drug-likeness (QED) is 0.856. The fourth-order valence-corrected chi connectivity index (χ4v) is 4.05. The van der Waals surface area contributed by atoms with Gasteiger partial charge in [-0.3, -0.25) is 9.69 Å². The van der Waals surface area contributed by atoms with Crippen LogP contribution >= 0.6 is 11.6 Å². The summed E-state index contributed by atoms with van der Waals surface area (Å²) in [5.41, 5.74) is 6.94. The molecule has 0 spiro atoms. The van der Waals surface area contributed by atoms with E-state index in [2.05, 4.69) is 21.9 Å². The van der Waals surface area contributed by atoms with Gasteiger partial charge < -0.3 is 10.6 Å². The van der Waals surface area contributed by atoms with Crippen molar-refractivity contribution in [1.29, 1.82) is 0 Å². The number of aromatic nitrogens is 2. The second-order valence-electron chi connectivity index (χ2n) is 7.54. The Bertz CT molecular complexity index is 827. The molecule has 0 radical (unpaired) electrons. The zero-order valence-electron chi connectivity index (χ0n) is 15.4. The van der Waals surface area contributed by atoms with E-state index in [0.29, 0.717) is 30.1 Å². The topological polar surface area (TPSA) is 75.4 Å². The first-order valence-corrected chi connectivity index (χ1v) is 9.71. The summed E-state index contributed by atoms with van der Waals surface area (Å²) in [6.07, 6.45) is 3.59. The highest BCUT2D eigenvalue weighted by atomic mass is 35.5. The Balaban J connectivity index is 1.31. The Kier molecular flexibility index (Phi) is 5.02. The van der Waals surface area contributed by atoms with Crippen molar-refractivity contribution in [3.63, 3.8) is 0 Å². The summed E-state index contributed by atoms with van der Waals surface area (Å²) in [5, 5.41) is 0.733. The summed E-state index contributed by atoms with van der Waals surface area (Å²) in [5.74, 6) is 1.94. The van der Waals surface area contributed by atoms with Gasteiger partial charge in [0.2, 0.25) is 5.91 Å². The average Bonchev–Trinajstić information content (AvgIpc) is 3.28. The minimum absolute atomic E-state index is 0.118. The normalized spacial score (nSPS) is 24.4. The Morgan fingerprint density at radius 3 is 2.85 bits per heavy atom. The van der Waals surface area contributed by atoms with Crippen LogP contribution in [0.15, 0.2) is 36.5 Å². The van der Waals surface area contributed by atoms with Crippen LogP contribution in [0.4, 0.5) is 5.82 Å². The highest BCUT2D eigenvalue weighted by molar-refractivity contribution is 6.30. The van der Waals surface area contributed by atoms with Crippen molar-refractivity contribution >= 4 is 23.3 Å². The van der Waals surface area contributed by atoms with Crippen LogP contribution in [-0.4, -0.2) is 51.9 Å². The van der Waals surface area contributed by atoms with Gasteiger partial charge in [0.1, 0.15) is 11.6 Å². The van der Waals surface area contributed by atoms with Crippen molar-refractivity contribution in [1.82, 2.24) is 19.8 Å². The van der Waals surface area contributed by atoms with Crippen LogP contribution in [0, 0.1) is 5.92 Å². The molecule has 1 aromatic carbocycles. The number of carbonyl (C=O) groups excluding carboxylic acids is 1. The monoisotopic (exact) mass is 385 g/mol. The maximum Gasteiger partial charge on any atom is 0.226 e. The number of hydrogen-bond acceptors (Lipinski definition) is 5. The molecular weight excluding hydrogens is 362 g/mol. The van der Waals surface area contributed by atoms with E-state index in [1.165, 1.54) is 5.56 Å². The van der Waals surface area contributed by atoms with E-state index in [-0.39, 0.29) is 11.8 Å². The number of hydrogen-bond donors (Lipinski definition) is 1. The Labute approximate surface area is 164 Å². The maximum absolute atomic E-state index is 12.9. The first kappa shape index (κ1) is 18.2. The summed E-state index contributed by atoms with van der Waals surface area (Å²) < 4.78 is 0. The average molecular weight is 386 g/mol. The van der Waals surface area contributed by atoms with Gasteiger partial charge in [-0.25, -0.2) is 9.97 Å². The second-order valence-corrected chi connectivity index (χ2v) is 7.98. The van der Waals surface area contributed by atoms with Crippen LogP contribution in [0.3, 0.4) is 0 Å². The lowest BCUT2D eigenvalue weighted by atomic mass is 10.1. The molecule has 142 valence electrons. The molecule has 1 amide bonds. The van der Waals surface area contributed by atoms with Crippen LogP contribution in [0.25, 0.3) is 0 Å². The van der Waals surface area contributed by atoms with Crippen molar-refractivity contribution in [3.8, 4) is 0 Å². The van der Waals surface area contributed by atoms with Crippen molar-refractivity contribution in [2.24, 2.45) is 5.92 Å². The first-order valence-electron chi connectivity index (χ1n) is 9.33. The summed E-state index contributed by atoms with van der Waals surface area (Å²) in [6, 6.07) is 9.88. The number of halogens is 1. The molecular formula is C20H24ClN5O. The molecule has 3 unspecified atom stereocenters. The number of nitrogens with zero attached hydrogens (tertiary/aromatic N) is 4. The number of nitrogens with two attached hydrogens (primary N) is 1. The summed E-state index contributed by atoms with van der Waals surface area (Å²) >= 11 is 5.96. The van der Waals surface area contributed by atoms with Crippen LogP contribution in [0.2, 0.25) is 5.02 Å². The van der Waals surface area contributed by atoms with Gasteiger partial charge in [-0.15, -0.1) is 0 Å². The largest absolute Gasteiger partial charge is 0.384 e. The molecule has 3 atom stereocenters. The van der Waals surface area contributed by atoms with Gasteiger partial charge in [0.15, 0.2) is 0 Å². The van der Waals surface area contributed by atoms with Gasteiger partial charge in [0.05, 0.1) is 6.54 Å². The molecule has 2 aromatic rings. The molecule has 4 rings (SSSR count). The third-order valence-electron chi connectivity index (χ3n) is 5.62. The predicted octanol–water partition coefficient (Wildman–Crippen LogP) is 2.55. The number of anilines is 1. The van der Waals surface area contributed by atoms with Gasteiger partial charge in [0, 0.05) is 36.3 Å². The van der Waals surface area contributed by atoms with Crippen LogP contribution in [0.1, 0.15) is 30.1 Å². The molecule has 2 fully saturated rings. The number of amides is 1. The van der Waals surface area contributed by atoms with Gasteiger partial charge >= 0.3 is 0 Å². The maximum atomic E-state index is 12.9.